The van der Waals surface area contributed by atoms with E-state index in [1.54, 1.807) is 22.8 Å². The van der Waals surface area contributed by atoms with E-state index in [2.05, 4.69) is 20.5 Å². The smallest absolute Gasteiger partial charge is 0.261 e. The number of rotatable bonds is 6. The highest BCUT2D eigenvalue weighted by Crippen LogP contribution is 2.25. The van der Waals surface area contributed by atoms with Crippen molar-refractivity contribution in [2.45, 2.75) is 19.4 Å². The van der Waals surface area contributed by atoms with Crippen LogP contribution >= 0.6 is 0 Å². The Bertz CT molecular complexity index is 1200. The van der Waals surface area contributed by atoms with E-state index < -0.39 is 0 Å². The van der Waals surface area contributed by atoms with Gasteiger partial charge in [0.1, 0.15) is 18.2 Å². The molecule has 0 radical (unpaired) electrons. The number of para-hydroxylation sites is 2. The van der Waals surface area contributed by atoms with Crippen LogP contribution in [0.15, 0.2) is 47.3 Å². The fourth-order valence-electron chi connectivity index (χ4n) is 4.33. The third kappa shape index (κ3) is 4.24. The van der Waals surface area contributed by atoms with Gasteiger partial charge >= 0.3 is 0 Å². The molecule has 3 aromatic rings. The van der Waals surface area contributed by atoms with E-state index in [4.69, 9.17) is 4.74 Å². The number of carbonyl (C=O) groups is 1. The summed E-state index contributed by atoms with van der Waals surface area (Å²) in [6.07, 6.45) is 1.72. The van der Waals surface area contributed by atoms with Crippen LogP contribution in [0.3, 0.4) is 0 Å². The minimum Gasteiger partial charge on any atom is -0.490 e. The zero-order valence-corrected chi connectivity index (χ0v) is 18.0. The Morgan fingerprint density at radius 1 is 1.12 bits per heavy atom. The van der Waals surface area contributed by atoms with Gasteiger partial charge in [-0.05, 0) is 36.8 Å². The predicted molar refractivity (Wildman–Crippen MR) is 124 cm³/mol. The van der Waals surface area contributed by atoms with E-state index in [0.29, 0.717) is 41.1 Å². The van der Waals surface area contributed by atoms with Crippen molar-refractivity contribution >= 4 is 22.5 Å². The number of benzene rings is 2. The van der Waals surface area contributed by atoms with E-state index in [9.17, 15) is 9.59 Å². The minimum absolute atomic E-state index is 0.0299. The molecule has 0 bridgehead atoms. The molecule has 5 rings (SSSR count). The van der Waals surface area contributed by atoms with E-state index in [1.165, 1.54) is 0 Å². The average Bonchev–Trinajstić information content (AvgIpc) is 3.29. The molecule has 166 valence electrons. The van der Waals surface area contributed by atoms with Gasteiger partial charge in [-0.25, -0.2) is 4.98 Å². The number of nitrogens with zero attached hydrogens (tertiary/aromatic N) is 3. The SMILES string of the molecule is O=C(Nc1ccccc1OCCN1CCNCC1)c1ccc2c(=O)n3c(nc2c1)CCC3. The second kappa shape index (κ2) is 9.10. The first-order valence-electron chi connectivity index (χ1n) is 11.2. The van der Waals surface area contributed by atoms with Crippen molar-refractivity contribution in [3.63, 3.8) is 0 Å². The van der Waals surface area contributed by atoms with Crippen LogP contribution < -0.4 is 20.9 Å². The molecule has 0 spiro atoms. The number of aromatic nitrogens is 2. The number of aryl methyl sites for hydroxylation is 1. The molecule has 8 nitrogen and oxygen atoms in total. The number of fused-ring (bicyclic) bond motifs is 2. The van der Waals surface area contributed by atoms with Crippen molar-refractivity contribution in [2.75, 3.05) is 44.6 Å². The summed E-state index contributed by atoms with van der Waals surface area (Å²) >= 11 is 0. The molecular formula is C24H27N5O3. The van der Waals surface area contributed by atoms with Gasteiger partial charge in [0.25, 0.3) is 11.5 Å². The Morgan fingerprint density at radius 2 is 1.97 bits per heavy atom. The van der Waals surface area contributed by atoms with Crippen LogP contribution in [0.1, 0.15) is 22.6 Å². The molecule has 2 aliphatic heterocycles. The molecule has 3 heterocycles. The number of hydrogen-bond acceptors (Lipinski definition) is 6. The third-order valence-corrected chi connectivity index (χ3v) is 6.09. The molecular weight excluding hydrogens is 406 g/mol. The highest BCUT2D eigenvalue weighted by molar-refractivity contribution is 6.06. The lowest BCUT2D eigenvalue weighted by Crippen LogP contribution is -2.44. The topological polar surface area (TPSA) is 88.5 Å². The number of piperazine rings is 1. The Hall–Kier alpha value is -3.23. The summed E-state index contributed by atoms with van der Waals surface area (Å²) in [7, 11) is 0. The van der Waals surface area contributed by atoms with E-state index in [1.807, 2.05) is 24.3 Å². The number of amides is 1. The summed E-state index contributed by atoms with van der Waals surface area (Å²) in [5.74, 6) is 1.18. The molecule has 1 amide bonds. The summed E-state index contributed by atoms with van der Waals surface area (Å²) in [6, 6.07) is 12.5. The first kappa shape index (κ1) is 20.7. The number of carbonyl (C=O) groups excluding carboxylic acids is 1. The minimum atomic E-state index is -0.257. The Labute approximate surface area is 186 Å². The molecule has 8 heteroatoms. The lowest BCUT2D eigenvalue weighted by molar-refractivity contribution is 0.102. The fourth-order valence-corrected chi connectivity index (χ4v) is 4.33. The van der Waals surface area contributed by atoms with Gasteiger partial charge in [-0.3, -0.25) is 19.1 Å². The molecule has 0 saturated carbocycles. The molecule has 0 atom stereocenters. The summed E-state index contributed by atoms with van der Waals surface area (Å²) in [5, 5.41) is 6.84. The first-order valence-corrected chi connectivity index (χ1v) is 11.2. The van der Waals surface area contributed by atoms with Gasteiger partial charge in [0.2, 0.25) is 0 Å². The maximum atomic E-state index is 13.0. The third-order valence-electron chi connectivity index (χ3n) is 6.09. The molecule has 1 fully saturated rings. The van der Waals surface area contributed by atoms with Crippen molar-refractivity contribution in [2.24, 2.45) is 0 Å². The van der Waals surface area contributed by atoms with Crippen LogP contribution in [0.2, 0.25) is 0 Å². The molecule has 2 aliphatic rings. The normalized spacial score (nSPS) is 16.1. The fraction of sp³-hybridized carbons (Fsp3) is 0.375. The predicted octanol–water partition coefficient (Wildman–Crippen LogP) is 1.88. The average molecular weight is 434 g/mol. The standard InChI is InChI=1S/C24H27N5O3/c30-23(17-7-8-18-20(16-17)26-22-6-3-11-29(22)24(18)31)27-19-4-1-2-5-21(19)32-15-14-28-12-9-25-10-13-28/h1-2,4-5,7-8,16,25H,3,6,9-15H2,(H,27,30). The lowest BCUT2D eigenvalue weighted by atomic mass is 10.1. The second-order valence-corrected chi connectivity index (χ2v) is 8.21. The maximum Gasteiger partial charge on any atom is 0.261 e. The Balaban J connectivity index is 1.30. The van der Waals surface area contributed by atoms with Gasteiger partial charge in [-0.1, -0.05) is 12.1 Å². The molecule has 2 N–H and O–H groups in total. The van der Waals surface area contributed by atoms with Crippen LogP contribution in [-0.2, 0) is 13.0 Å². The quantitative estimate of drug-likeness (QED) is 0.617. The second-order valence-electron chi connectivity index (χ2n) is 8.21. The zero-order chi connectivity index (χ0) is 21.9. The van der Waals surface area contributed by atoms with Gasteiger partial charge in [0.15, 0.2) is 0 Å². The van der Waals surface area contributed by atoms with Gasteiger partial charge in [0, 0.05) is 51.3 Å². The van der Waals surface area contributed by atoms with Crippen molar-refractivity contribution < 1.29 is 9.53 Å². The van der Waals surface area contributed by atoms with Crippen LogP contribution in [-0.4, -0.2) is 59.7 Å². The summed E-state index contributed by atoms with van der Waals surface area (Å²) in [4.78, 5) is 32.6. The number of anilines is 1. The van der Waals surface area contributed by atoms with Crippen LogP contribution in [0.25, 0.3) is 10.9 Å². The number of ether oxygens (including phenoxy) is 1. The summed E-state index contributed by atoms with van der Waals surface area (Å²) in [6.45, 7) is 6.16. The lowest BCUT2D eigenvalue weighted by Gasteiger charge is -2.27. The van der Waals surface area contributed by atoms with Crippen molar-refractivity contribution in [1.29, 1.82) is 0 Å². The van der Waals surface area contributed by atoms with Gasteiger partial charge in [0.05, 0.1) is 16.6 Å². The molecule has 1 aromatic heterocycles. The van der Waals surface area contributed by atoms with Crippen LogP contribution in [0.5, 0.6) is 5.75 Å². The first-order chi connectivity index (χ1) is 15.7. The summed E-state index contributed by atoms with van der Waals surface area (Å²) in [5.41, 5.74) is 1.62. The highest BCUT2D eigenvalue weighted by Gasteiger charge is 2.18. The monoisotopic (exact) mass is 433 g/mol. The molecule has 2 aromatic carbocycles. The van der Waals surface area contributed by atoms with Gasteiger partial charge in [-0.15, -0.1) is 0 Å². The largest absolute Gasteiger partial charge is 0.490 e. The van der Waals surface area contributed by atoms with Crippen LogP contribution in [0.4, 0.5) is 5.69 Å². The highest BCUT2D eigenvalue weighted by atomic mass is 16.5. The summed E-state index contributed by atoms with van der Waals surface area (Å²) < 4.78 is 7.71. The van der Waals surface area contributed by atoms with Crippen LogP contribution in [0, 0.1) is 0 Å². The van der Waals surface area contributed by atoms with Gasteiger partial charge in [-0.2, -0.15) is 0 Å². The van der Waals surface area contributed by atoms with Crippen molar-refractivity contribution in [1.82, 2.24) is 19.8 Å². The molecule has 0 aliphatic carbocycles. The zero-order valence-electron chi connectivity index (χ0n) is 18.0. The molecule has 32 heavy (non-hydrogen) atoms. The maximum absolute atomic E-state index is 13.0. The Kier molecular flexibility index (Phi) is 5.87. The van der Waals surface area contributed by atoms with Gasteiger partial charge < -0.3 is 15.4 Å². The van der Waals surface area contributed by atoms with E-state index >= 15 is 0 Å². The van der Waals surface area contributed by atoms with Crippen molar-refractivity contribution in [3.8, 4) is 5.75 Å². The van der Waals surface area contributed by atoms with E-state index in [0.717, 1.165) is 51.4 Å². The van der Waals surface area contributed by atoms with E-state index in [-0.39, 0.29) is 11.5 Å². The molecule has 0 unspecified atom stereocenters. The number of hydrogen-bond donors (Lipinski definition) is 2. The number of nitrogens with one attached hydrogen (secondary N) is 2. The van der Waals surface area contributed by atoms with Crippen molar-refractivity contribution in [3.05, 3.63) is 64.2 Å². The molecule has 1 saturated heterocycles. The Morgan fingerprint density at radius 3 is 2.84 bits per heavy atom.